The second kappa shape index (κ2) is 5.89. The van der Waals surface area contributed by atoms with Gasteiger partial charge in [0.25, 0.3) is 0 Å². The van der Waals surface area contributed by atoms with Gasteiger partial charge >= 0.3 is 0 Å². The largest absolute Gasteiger partial charge is 0.300 e. The van der Waals surface area contributed by atoms with Crippen LogP contribution in [0, 0.1) is 11.8 Å². The van der Waals surface area contributed by atoms with Crippen molar-refractivity contribution in [3.63, 3.8) is 0 Å². The van der Waals surface area contributed by atoms with E-state index in [1.165, 1.54) is 64.6 Å². The van der Waals surface area contributed by atoms with E-state index >= 15 is 0 Å². The molecule has 0 amide bonds. The van der Waals surface area contributed by atoms with Crippen LogP contribution in [0.15, 0.2) is 30.3 Å². The third-order valence-corrected chi connectivity index (χ3v) is 7.26. The molecular formula is C21H30N2. The van der Waals surface area contributed by atoms with Crippen molar-refractivity contribution in [3.05, 3.63) is 35.9 Å². The highest BCUT2D eigenvalue weighted by Crippen LogP contribution is 2.47. The predicted octanol–water partition coefficient (Wildman–Crippen LogP) is 4.09. The lowest BCUT2D eigenvalue weighted by Gasteiger charge is -2.59. The monoisotopic (exact) mass is 310 g/mol. The van der Waals surface area contributed by atoms with E-state index in [0.717, 1.165) is 23.9 Å². The van der Waals surface area contributed by atoms with Crippen LogP contribution in [0.25, 0.3) is 0 Å². The second-order valence-electron chi connectivity index (χ2n) is 8.44. The Kier molecular flexibility index (Phi) is 3.71. The highest BCUT2D eigenvalue weighted by Gasteiger charge is 2.48. The maximum Gasteiger partial charge on any atom is 0.0351 e. The molecule has 2 heteroatoms. The molecule has 1 aromatic carbocycles. The maximum atomic E-state index is 2.95. The summed E-state index contributed by atoms with van der Waals surface area (Å²) in [5, 5.41) is 0. The molecule has 1 aromatic rings. The molecule has 4 heterocycles. The molecule has 5 atom stereocenters. The third kappa shape index (κ3) is 2.46. The molecule has 0 aromatic heterocycles. The Hall–Kier alpha value is -0.860. The molecule has 0 spiro atoms. The van der Waals surface area contributed by atoms with Gasteiger partial charge in [-0.2, -0.15) is 0 Å². The standard InChI is InChI=1S/C21H30N2/c1-2-7-16(8-3-1)20-10-6-11-21-17-13-18(15-23(20)21)19-9-4-5-12-22(19)14-17/h1-3,7-8,17-21H,4-6,9-15H2/t17-,18-,19-,20?,21+/m0/s1. The lowest BCUT2D eigenvalue weighted by Crippen LogP contribution is -2.63. The van der Waals surface area contributed by atoms with Crippen LogP contribution in [-0.2, 0) is 0 Å². The molecule has 2 nitrogen and oxygen atoms in total. The molecule has 0 N–H and O–H groups in total. The zero-order valence-corrected chi connectivity index (χ0v) is 14.2. The van der Waals surface area contributed by atoms with Gasteiger partial charge in [-0.25, -0.2) is 0 Å². The summed E-state index contributed by atoms with van der Waals surface area (Å²) in [6.07, 6.45) is 10.1. The van der Waals surface area contributed by atoms with Gasteiger partial charge in [0.15, 0.2) is 0 Å². The third-order valence-electron chi connectivity index (χ3n) is 7.26. The zero-order valence-electron chi connectivity index (χ0n) is 14.2. The van der Waals surface area contributed by atoms with E-state index in [-0.39, 0.29) is 0 Å². The van der Waals surface area contributed by atoms with Gasteiger partial charge in [-0.15, -0.1) is 0 Å². The van der Waals surface area contributed by atoms with Crippen LogP contribution >= 0.6 is 0 Å². The number of rotatable bonds is 1. The van der Waals surface area contributed by atoms with E-state index in [1.807, 2.05) is 0 Å². The van der Waals surface area contributed by atoms with Gasteiger partial charge in [0, 0.05) is 31.2 Å². The van der Waals surface area contributed by atoms with Crippen LogP contribution in [0.4, 0.5) is 0 Å². The minimum Gasteiger partial charge on any atom is -0.300 e. The van der Waals surface area contributed by atoms with Gasteiger partial charge in [-0.3, -0.25) is 9.80 Å². The Labute approximate surface area is 140 Å². The molecule has 5 rings (SSSR count). The van der Waals surface area contributed by atoms with Crippen LogP contribution in [0.1, 0.15) is 56.6 Å². The van der Waals surface area contributed by atoms with Gasteiger partial charge in [-0.1, -0.05) is 36.8 Å². The number of nitrogens with zero attached hydrogens (tertiary/aromatic N) is 2. The Bertz CT molecular complexity index is 542. The molecule has 4 fully saturated rings. The van der Waals surface area contributed by atoms with E-state index in [1.54, 1.807) is 5.56 Å². The molecule has 0 radical (unpaired) electrons. The van der Waals surface area contributed by atoms with E-state index in [9.17, 15) is 0 Å². The zero-order chi connectivity index (χ0) is 15.2. The minimum absolute atomic E-state index is 0.690. The first-order chi connectivity index (χ1) is 11.4. The molecule has 0 saturated carbocycles. The summed E-state index contributed by atoms with van der Waals surface area (Å²) < 4.78 is 0. The van der Waals surface area contributed by atoms with Gasteiger partial charge in [-0.05, 0) is 62.5 Å². The van der Waals surface area contributed by atoms with Crippen LogP contribution in [0.5, 0.6) is 0 Å². The van der Waals surface area contributed by atoms with Gasteiger partial charge in [0.1, 0.15) is 0 Å². The topological polar surface area (TPSA) is 6.48 Å². The lowest BCUT2D eigenvalue weighted by molar-refractivity contribution is -0.0910. The summed E-state index contributed by atoms with van der Waals surface area (Å²) in [6.45, 7) is 4.14. The van der Waals surface area contributed by atoms with Crippen molar-refractivity contribution in [3.8, 4) is 0 Å². The summed E-state index contributed by atoms with van der Waals surface area (Å²) in [4.78, 5) is 5.83. The number of hydrogen-bond acceptors (Lipinski definition) is 2. The quantitative estimate of drug-likeness (QED) is 0.771. The highest BCUT2D eigenvalue weighted by atomic mass is 15.3. The van der Waals surface area contributed by atoms with Crippen molar-refractivity contribution < 1.29 is 0 Å². The Morgan fingerprint density at radius 3 is 2.52 bits per heavy atom. The number of hydrogen-bond donors (Lipinski definition) is 0. The van der Waals surface area contributed by atoms with Crippen molar-refractivity contribution in [2.24, 2.45) is 11.8 Å². The molecule has 2 bridgehead atoms. The second-order valence-corrected chi connectivity index (χ2v) is 8.44. The number of piperidine rings is 4. The lowest BCUT2D eigenvalue weighted by atomic mass is 9.69. The van der Waals surface area contributed by atoms with Crippen LogP contribution in [0.2, 0.25) is 0 Å². The van der Waals surface area contributed by atoms with Crippen molar-refractivity contribution >= 4 is 0 Å². The minimum atomic E-state index is 0.690. The smallest absolute Gasteiger partial charge is 0.0351 e. The van der Waals surface area contributed by atoms with Crippen molar-refractivity contribution in [1.29, 1.82) is 0 Å². The van der Waals surface area contributed by atoms with Crippen LogP contribution in [-0.4, -0.2) is 41.5 Å². The number of fused-ring (bicyclic) bond motifs is 6. The first kappa shape index (κ1) is 14.5. The molecule has 4 aliphatic heterocycles. The van der Waals surface area contributed by atoms with Crippen molar-refractivity contribution in [2.45, 2.75) is 63.1 Å². The summed E-state index contributed by atoms with van der Waals surface area (Å²) in [5.74, 6) is 1.88. The van der Waals surface area contributed by atoms with Crippen molar-refractivity contribution in [2.75, 3.05) is 19.6 Å². The summed E-state index contributed by atoms with van der Waals surface area (Å²) >= 11 is 0. The summed E-state index contributed by atoms with van der Waals surface area (Å²) in [7, 11) is 0. The molecule has 124 valence electrons. The summed E-state index contributed by atoms with van der Waals surface area (Å²) in [5.41, 5.74) is 1.57. The highest BCUT2D eigenvalue weighted by molar-refractivity contribution is 5.21. The van der Waals surface area contributed by atoms with Crippen LogP contribution < -0.4 is 0 Å². The van der Waals surface area contributed by atoms with Crippen molar-refractivity contribution in [1.82, 2.24) is 9.80 Å². The Balaban J connectivity index is 1.43. The fourth-order valence-corrected chi connectivity index (χ4v) is 6.33. The molecular weight excluding hydrogens is 280 g/mol. The fourth-order valence-electron chi connectivity index (χ4n) is 6.33. The first-order valence-electron chi connectivity index (χ1n) is 9.95. The average molecular weight is 310 g/mol. The van der Waals surface area contributed by atoms with Gasteiger partial charge in [0.2, 0.25) is 0 Å². The Morgan fingerprint density at radius 1 is 0.783 bits per heavy atom. The van der Waals surface area contributed by atoms with E-state index in [4.69, 9.17) is 0 Å². The molecule has 23 heavy (non-hydrogen) atoms. The van der Waals surface area contributed by atoms with E-state index in [2.05, 4.69) is 40.1 Å². The molecule has 0 aliphatic carbocycles. The maximum absolute atomic E-state index is 2.95. The molecule has 4 aliphatic rings. The SMILES string of the molecule is c1ccc(C2CCC[C@@H]3[C@H]4C[C@@H](CN23)[C@@H]2CCCCN2C4)cc1. The molecule has 1 unspecified atom stereocenters. The predicted molar refractivity (Wildman–Crippen MR) is 94.3 cm³/mol. The fraction of sp³-hybridized carbons (Fsp3) is 0.714. The van der Waals surface area contributed by atoms with Gasteiger partial charge in [0.05, 0.1) is 0 Å². The van der Waals surface area contributed by atoms with Crippen LogP contribution in [0.3, 0.4) is 0 Å². The van der Waals surface area contributed by atoms with Gasteiger partial charge < -0.3 is 0 Å². The Morgan fingerprint density at radius 2 is 1.61 bits per heavy atom. The summed E-state index contributed by atoms with van der Waals surface area (Å²) in [6, 6.07) is 13.8. The number of benzene rings is 1. The van der Waals surface area contributed by atoms with E-state index in [0.29, 0.717) is 6.04 Å². The van der Waals surface area contributed by atoms with E-state index < -0.39 is 0 Å². The normalized spacial score (nSPS) is 41.1. The molecule has 4 saturated heterocycles. The first-order valence-corrected chi connectivity index (χ1v) is 9.95. The average Bonchev–Trinajstić information content (AvgIpc) is 2.62.